The number of nitrogens with one attached hydrogen (secondary N) is 1. The van der Waals surface area contributed by atoms with Gasteiger partial charge in [-0.05, 0) is 59.9 Å². The van der Waals surface area contributed by atoms with Crippen LogP contribution in [-0.2, 0) is 13.5 Å². The Morgan fingerprint density at radius 1 is 1.45 bits per heavy atom. The molecule has 2 rings (SSSR count). The van der Waals surface area contributed by atoms with Crippen molar-refractivity contribution in [3.8, 4) is 0 Å². The summed E-state index contributed by atoms with van der Waals surface area (Å²) in [6.07, 6.45) is 6.04. The third-order valence-electron chi connectivity index (χ3n) is 4.84. The molecule has 114 valence electrons. The maximum atomic E-state index is 5.83. The van der Waals surface area contributed by atoms with Gasteiger partial charge in [0.15, 0.2) is 0 Å². The fourth-order valence-corrected chi connectivity index (χ4v) is 3.79. The number of nitrogens with two attached hydrogens (primary N) is 1. The summed E-state index contributed by atoms with van der Waals surface area (Å²) >= 11 is 3.65. The second kappa shape index (κ2) is 6.16. The lowest BCUT2D eigenvalue weighted by Gasteiger charge is -2.37. The van der Waals surface area contributed by atoms with Crippen molar-refractivity contribution in [2.45, 2.75) is 58.9 Å². The van der Waals surface area contributed by atoms with Gasteiger partial charge in [0.2, 0.25) is 0 Å². The molecule has 0 radical (unpaired) electrons. The van der Waals surface area contributed by atoms with Crippen molar-refractivity contribution < 1.29 is 0 Å². The van der Waals surface area contributed by atoms with E-state index >= 15 is 0 Å². The summed E-state index contributed by atoms with van der Waals surface area (Å²) < 4.78 is 3.09. The van der Waals surface area contributed by atoms with E-state index in [1.807, 2.05) is 18.7 Å². The molecule has 0 spiro atoms. The number of aryl methyl sites for hydroxylation is 2. The number of hydrogen-bond donors (Lipinski definition) is 2. The number of nitrogens with zero attached hydrogens (tertiary/aromatic N) is 2. The van der Waals surface area contributed by atoms with Crippen molar-refractivity contribution in [1.29, 1.82) is 0 Å². The first-order valence-corrected chi connectivity index (χ1v) is 8.27. The largest absolute Gasteiger partial charge is 0.271 e. The molecule has 0 amide bonds. The van der Waals surface area contributed by atoms with E-state index in [1.165, 1.54) is 31.4 Å². The summed E-state index contributed by atoms with van der Waals surface area (Å²) in [6.45, 7) is 6.77. The van der Waals surface area contributed by atoms with Crippen molar-refractivity contribution in [2.24, 2.45) is 24.2 Å². The Kier molecular flexibility index (Phi) is 4.92. The average Bonchev–Trinajstić information content (AvgIpc) is 2.62. The fourth-order valence-electron chi connectivity index (χ4n) is 3.30. The average molecular weight is 343 g/mol. The van der Waals surface area contributed by atoms with Gasteiger partial charge in [-0.2, -0.15) is 5.10 Å². The lowest BCUT2D eigenvalue weighted by molar-refractivity contribution is 0.160. The molecule has 4 nitrogen and oxygen atoms in total. The summed E-state index contributed by atoms with van der Waals surface area (Å²) in [6, 6.07) is 0.331. The van der Waals surface area contributed by atoms with Gasteiger partial charge in [0, 0.05) is 19.5 Å². The van der Waals surface area contributed by atoms with Crippen LogP contribution in [0.15, 0.2) is 4.47 Å². The molecule has 1 saturated carbocycles. The molecule has 1 aromatic heterocycles. The zero-order valence-corrected chi connectivity index (χ0v) is 14.6. The number of aromatic nitrogens is 2. The molecule has 0 bridgehead atoms. The zero-order chi connectivity index (χ0) is 14.9. The zero-order valence-electron chi connectivity index (χ0n) is 13.0. The lowest BCUT2D eigenvalue weighted by Crippen LogP contribution is -2.44. The molecule has 1 heterocycles. The van der Waals surface area contributed by atoms with Crippen molar-refractivity contribution in [3.05, 3.63) is 15.9 Å². The summed E-state index contributed by atoms with van der Waals surface area (Å²) in [5, 5.41) is 4.47. The van der Waals surface area contributed by atoms with E-state index < -0.39 is 0 Å². The number of hydrogen-bond acceptors (Lipinski definition) is 3. The summed E-state index contributed by atoms with van der Waals surface area (Å²) in [5.41, 5.74) is 5.82. The van der Waals surface area contributed by atoms with Gasteiger partial charge in [-0.25, -0.2) is 0 Å². The van der Waals surface area contributed by atoms with Crippen LogP contribution in [0.3, 0.4) is 0 Å². The summed E-state index contributed by atoms with van der Waals surface area (Å²) in [5.74, 6) is 6.49. The molecule has 1 unspecified atom stereocenters. The highest BCUT2D eigenvalue weighted by atomic mass is 79.9. The van der Waals surface area contributed by atoms with Crippen LogP contribution in [0, 0.1) is 18.3 Å². The minimum absolute atomic E-state index is 0.331. The number of hydrazine groups is 1. The van der Waals surface area contributed by atoms with Crippen LogP contribution in [0.25, 0.3) is 0 Å². The van der Waals surface area contributed by atoms with Gasteiger partial charge >= 0.3 is 0 Å². The molecule has 1 atom stereocenters. The van der Waals surface area contributed by atoms with Gasteiger partial charge < -0.3 is 0 Å². The minimum atomic E-state index is 0.331. The molecule has 0 saturated heterocycles. The highest BCUT2D eigenvalue weighted by Crippen LogP contribution is 2.39. The Morgan fingerprint density at radius 3 is 2.50 bits per heavy atom. The molecule has 1 aliphatic rings. The van der Waals surface area contributed by atoms with Crippen molar-refractivity contribution in [3.63, 3.8) is 0 Å². The maximum Gasteiger partial charge on any atom is 0.0738 e. The molecule has 5 heteroatoms. The molecule has 0 aliphatic heterocycles. The smallest absolute Gasteiger partial charge is 0.0738 e. The second-order valence-corrected chi connectivity index (χ2v) is 7.74. The van der Waals surface area contributed by atoms with Crippen LogP contribution in [0.2, 0.25) is 0 Å². The van der Waals surface area contributed by atoms with Gasteiger partial charge in [0.1, 0.15) is 0 Å². The van der Waals surface area contributed by atoms with Gasteiger partial charge in [-0.3, -0.25) is 16.0 Å². The molecule has 1 aliphatic carbocycles. The Bertz CT molecular complexity index is 457. The predicted octanol–water partition coefficient (Wildman–Crippen LogP) is 3.08. The SMILES string of the molecule is Cc1nn(C)c(CC(NN)C2CCC(C)(C)CC2)c1Br. The van der Waals surface area contributed by atoms with Crippen molar-refractivity contribution in [2.75, 3.05) is 0 Å². The topological polar surface area (TPSA) is 55.9 Å². The highest BCUT2D eigenvalue weighted by molar-refractivity contribution is 9.10. The predicted molar refractivity (Wildman–Crippen MR) is 86.2 cm³/mol. The van der Waals surface area contributed by atoms with E-state index in [1.54, 1.807) is 0 Å². The molecule has 20 heavy (non-hydrogen) atoms. The van der Waals surface area contributed by atoms with E-state index in [2.05, 4.69) is 40.3 Å². The van der Waals surface area contributed by atoms with Gasteiger partial charge in [0.25, 0.3) is 0 Å². The van der Waals surface area contributed by atoms with E-state index in [-0.39, 0.29) is 0 Å². The normalized spacial score (nSPS) is 21.1. The number of rotatable bonds is 4. The van der Waals surface area contributed by atoms with Crippen LogP contribution in [-0.4, -0.2) is 15.8 Å². The van der Waals surface area contributed by atoms with Crippen LogP contribution < -0.4 is 11.3 Å². The summed E-state index contributed by atoms with van der Waals surface area (Å²) in [4.78, 5) is 0. The Morgan fingerprint density at radius 2 is 2.05 bits per heavy atom. The first kappa shape index (κ1) is 16.0. The minimum Gasteiger partial charge on any atom is -0.271 e. The van der Waals surface area contributed by atoms with Crippen LogP contribution in [0.4, 0.5) is 0 Å². The van der Waals surface area contributed by atoms with E-state index in [4.69, 9.17) is 5.84 Å². The Hall–Kier alpha value is -0.390. The Labute approximate surface area is 130 Å². The van der Waals surface area contributed by atoms with Gasteiger partial charge in [-0.15, -0.1) is 0 Å². The molecule has 1 fully saturated rings. The lowest BCUT2D eigenvalue weighted by atomic mass is 9.70. The first-order valence-electron chi connectivity index (χ1n) is 7.48. The van der Waals surface area contributed by atoms with E-state index in [0.717, 1.165) is 16.6 Å². The van der Waals surface area contributed by atoms with Gasteiger partial charge in [0.05, 0.1) is 15.9 Å². The monoisotopic (exact) mass is 342 g/mol. The molecular weight excluding hydrogens is 316 g/mol. The second-order valence-electron chi connectivity index (χ2n) is 6.95. The van der Waals surface area contributed by atoms with E-state index in [9.17, 15) is 0 Å². The first-order chi connectivity index (χ1) is 9.34. The van der Waals surface area contributed by atoms with Crippen LogP contribution in [0.1, 0.15) is 50.9 Å². The van der Waals surface area contributed by atoms with Crippen molar-refractivity contribution >= 4 is 15.9 Å². The standard InChI is InChI=1S/C15H27BrN4/c1-10-14(16)13(20(4)19-10)9-12(18-17)11-5-7-15(2,3)8-6-11/h11-12,18H,5-9,17H2,1-4H3. The van der Waals surface area contributed by atoms with Crippen LogP contribution in [0.5, 0.6) is 0 Å². The molecule has 3 N–H and O–H groups in total. The highest BCUT2D eigenvalue weighted by Gasteiger charge is 2.31. The molecule has 0 aromatic carbocycles. The molecule has 1 aromatic rings. The number of halogens is 1. The van der Waals surface area contributed by atoms with Crippen molar-refractivity contribution in [1.82, 2.24) is 15.2 Å². The van der Waals surface area contributed by atoms with Crippen LogP contribution >= 0.6 is 15.9 Å². The quantitative estimate of drug-likeness (QED) is 0.653. The third-order valence-corrected chi connectivity index (χ3v) is 5.87. The Balaban J connectivity index is 2.06. The fraction of sp³-hybridized carbons (Fsp3) is 0.800. The maximum absolute atomic E-state index is 5.83. The van der Waals surface area contributed by atoms with Gasteiger partial charge in [-0.1, -0.05) is 13.8 Å². The summed E-state index contributed by atoms with van der Waals surface area (Å²) in [7, 11) is 2.00. The van der Waals surface area contributed by atoms with E-state index in [0.29, 0.717) is 17.4 Å². The third kappa shape index (κ3) is 3.43. The molecular formula is C15H27BrN4.